The highest BCUT2D eigenvalue weighted by atomic mass is 16.1. The zero-order valence-corrected chi connectivity index (χ0v) is 8.96. The predicted octanol–water partition coefficient (Wildman–Crippen LogP) is 2.50. The van der Waals surface area contributed by atoms with Crippen molar-refractivity contribution < 1.29 is 4.79 Å². The Labute approximate surface area is 86.0 Å². The summed E-state index contributed by atoms with van der Waals surface area (Å²) in [6, 6.07) is 0.716. The number of hydrogen-bond acceptors (Lipinski definition) is 2. The lowest BCUT2D eigenvalue weighted by Crippen LogP contribution is -2.39. The smallest absolute Gasteiger partial charge is 0.159 e. The molecule has 0 spiro atoms. The van der Waals surface area contributed by atoms with E-state index in [0.717, 1.165) is 6.54 Å². The quantitative estimate of drug-likeness (QED) is 0.637. The number of carbonyl (C=O) groups excluding carboxylic acids is 1. The summed E-state index contributed by atoms with van der Waals surface area (Å²) < 4.78 is 0. The van der Waals surface area contributed by atoms with Gasteiger partial charge in [0.1, 0.15) is 0 Å². The Morgan fingerprint density at radius 1 is 1.29 bits per heavy atom. The van der Waals surface area contributed by atoms with Crippen molar-refractivity contribution in [2.75, 3.05) is 6.54 Å². The topological polar surface area (TPSA) is 20.3 Å². The van der Waals surface area contributed by atoms with Gasteiger partial charge in [0.25, 0.3) is 0 Å². The molecular weight excluding hydrogens is 174 g/mol. The third kappa shape index (κ3) is 1.99. The molecule has 0 atom stereocenters. The summed E-state index contributed by atoms with van der Waals surface area (Å²) in [7, 11) is 0. The normalized spacial score (nSPS) is 25.1. The van der Waals surface area contributed by atoms with Crippen molar-refractivity contribution in [2.24, 2.45) is 0 Å². The molecule has 0 aromatic rings. The van der Waals surface area contributed by atoms with Crippen molar-refractivity contribution in [3.63, 3.8) is 0 Å². The lowest BCUT2D eigenvalue weighted by Gasteiger charge is -2.38. The first-order chi connectivity index (χ1) is 6.77. The van der Waals surface area contributed by atoms with E-state index in [2.05, 4.69) is 11.8 Å². The highest BCUT2D eigenvalue weighted by Crippen LogP contribution is 2.26. The van der Waals surface area contributed by atoms with Crippen LogP contribution in [0, 0.1) is 0 Å². The molecule has 0 N–H and O–H groups in total. The van der Waals surface area contributed by atoms with E-state index in [9.17, 15) is 4.79 Å². The van der Waals surface area contributed by atoms with Crippen molar-refractivity contribution in [1.82, 2.24) is 4.90 Å². The molecule has 1 aliphatic heterocycles. The second-order valence-electron chi connectivity index (χ2n) is 4.49. The fourth-order valence-corrected chi connectivity index (χ4v) is 2.66. The highest BCUT2D eigenvalue weighted by molar-refractivity contribution is 5.91. The van der Waals surface area contributed by atoms with Crippen LogP contribution < -0.4 is 0 Å². The van der Waals surface area contributed by atoms with E-state index in [4.69, 9.17) is 0 Å². The van der Waals surface area contributed by atoms with Gasteiger partial charge in [-0.25, -0.2) is 0 Å². The minimum Gasteiger partial charge on any atom is -0.372 e. The molecule has 0 amide bonds. The maximum Gasteiger partial charge on any atom is 0.159 e. The lowest BCUT2D eigenvalue weighted by atomic mass is 9.93. The van der Waals surface area contributed by atoms with Crippen LogP contribution in [0.15, 0.2) is 11.8 Å². The minimum atomic E-state index is 0.301. The first-order valence-corrected chi connectivity index (χ1v) is 5.75. The van der Waals surface area contributed by atoms with Crippen LogP contribution in [-0.2, 0) is 4.79 Å². The Morgan fingerprint density at radius 2 is 2.00 bits per heavy atom. The molecule has 0 aromatic heterocycles. The monoisotopic (exact) mass is 193 g/mol. The molecule has 1 heterocycles. The van der Waals surface area contributed by atoms with E-state index in [1.54, 1.807) is 0 Å². The van der Waals surface area contributed by atoms with Crippen LogP contribution in [-0.4, -0.2) is 23.3 Å². The van der Waals surface area contributed by atoms with E-state index < -0.39 is 0 Å². The summed E-state index contributed by atoms with van der Waals surface area (Å²) in [5.41, 5.74) is 1.19. The van der Waals surface area contributed by atoms with Crippen molar-refractivity contribution >= 4 is 5.78 Å². The van der Waals surface area contributed by atoms with Crippen LogP contribution >= 0.6 is 0 Å². The van der Waals surface area contributed by atoms with Crippen LogP contribution in [0.3, 0.4) is 0 Å². The number of nitrogens with zero attached hydrogens (tertiary/aromatic N) is 1. The molecule has 2 heteroatoms. The third-order valence-electron chi connectivity index (χ3n) is 3.44. The van der Waals surface area contributed by atoms with Gasteiger partial charge >= 0.3 is 0 Å². The number of rotatable bonds is 1. The average Bonchev–Trinajstić information content (AvgIpc) is 2.19. The fourth-order valence-electron chi connectivity index (χ4n) is 2.66. The van der Waals surface area contributed by atoms with E-state index in [1.807, 2.05) is 6.08 Å². The molecule has 2 nitrogen and oxygen atoms in total. The van der Waals surface area contributed by atoms with Crippen molar-refractivity contribution in [3.8, 4) is 0 Å². The first kappa shape index (κ1) is 9.75. The fraction of sp³-hybridized carbons (Fsp3) is 0.750. The summed E-state index contributed by atoms with van der Waals surface area (Å²) in [6.45, 7) is 3.03. The Balaban J connectivity index is 2.03. The zero-order chi connectivity index (χ0) is 9.97. The van der Waals surface area contributed by atoms with Crippen molar-refractivity contribution in [3.05, 3.63) is 11.8 Å². The largest absolute Gasteiger partial charge is 0.372 e. The van der Waals surface area contributed by atoms with Gasteiger partial charge in [-0.05, 0) is 19.8 Å². The molecule has 0 bridgehead atoms. The summed E-state index contributed by atoms with van der Waals surface area (Å²) in [5.74, 6) is 0.301. The van der Waals surface area contributed by atoms with E-state index >= 15 is 0 Å². The molecule has 1 saturated carbocycles. The molecule has 2 aliphatic rings. The Morgan fingerprint density at radius 3 is 2.64 bits per heavy atom. The maximum absolute atomic E-state index is 11.2. The Hall–Kier alpha value is -0.790. The molecule has 0 radical (unpaired) electrons. The van der Waals surface area contributed by atoms with Gasteiger partial charge in [0.2, 0.25) is 0 Å². The third-order valence-corrected chi connectivity index (χ3v) is 3.44. The summed E-state index contributed by atoms with van der Waals surface area (Å²) in [4.78, 5) is 13.6. The SMILES string of the molecule is CC1=CC(=O)CCN1C1CCCCC1. The Bertz CT molecular complexity index is 251. The van der Waals surface area contributed by atoms with E-state index in [0.29, 0.717) is 18.2 Å². The van der Waals surface area contributed by atoms with Crippen LogP contribution in [0.1, 0.15) is 45.4 Å². The summed E-state index contributed by atoms with van der Waals surface area (Å²) >= 11 is 0. The van der Waals surface area contributed by atoms with Gasteiger partial charge in [-0.3, -0.25) is 4.79 Å². The van der Waals surface area contributed by atoms with Crippen LogP contribution in [0.4, 0.5) is 0 Å². The van der Waals surface area contributed by atoms with Gasteiger partial charge < -0.3 is 4.90 Å². The van der Waals surface area contributed by atoms with Crippen LogP contribution in [0.2, 0.25) is 0 Å². The molecule has 1 aliphatic carbocycles. The summed E-state index contributed by atoms with van der Waals surface area (Å²) in [5, 5.41) is 0. The van der Waals surface area contributed by atoms with Gasteiger partial charge in [-0.1, -0.05) is 19.3 Å². The minimum absolute atomic E-state index is 0.301. The molecule has 78 valence electrons. The van der Waals surface area contributed by atoms with Crippen molar-refractivity contribution in [1.29, 1.82) is 0 Å². The average molecular weight is 193 g/mol. The number of hydrogen-bond donors (Lipinski definition) is 0. The zero-order valence-electron chi connectivity index (χ0n) is 8.96. The summed E-state index contributed by atoms with van der Waals surface area (Å²) in [6.07, 6.45) is 9.29. The van der Waals surface area contributed by atoms with Gasteiger partial charge in [-0.15, -0.1) is 0 Å². The van der Waals surface area contributed by atoms with Gasteiger partial charge in [0.15, 0.2) is 5.78 Å². The van der Waals surface area contributed by atoms with Gasteiger partial charge in [-0.2, -0.15) is 0 Å². The number of carbonyl (C=O) groups is 1. The lowest BCUT2D eigenvalue weighted by molar-refractivity contribution is -0.115. The Kier molecular flexibility index (Phi) is 2.90. The number of allylic oxidation sites excluding steroid dienone is 2. The maximum atomic E-state index is 11.2. The molecule has 0 unspecified atom stereocenters. The predicted molar refractivity (Wildman–Crippen MR) is 57.0 cm³/mol. The highest BCUT2D eigenvalue weighted by Gasteiger charge is 2.24. The first-order valence-electron chi connectivity index (χ1n) is 5.75. The van der Waals surface area contributed by atoms with Crippen molar-refractivity contribution in [2.45, 2.75) is 51.5 Å². The van der Waals surface area contributed by atoms with Gasteiger partial charge in [0, 0.05) is 30.8 Å². The van der Waals surface area contributed by atoms with Crippen LogP contribution in [0.25, 0.3) is 0 Å². The van der Waals surface area contributed by atoms with Crippen LogP contribution in [0.5, 0.6) is 0 Å². The second kappa shape index (κ2) is 4.16. The van der Waals surface area contributed by atoms with Gasteiger partial charge in [0.05, 0.1) is 0 Å². The molecule has 0 aromatic carbocycles. The second-order valence-corrected chi connectivity index (χ2v) is 4.49. The molecule has 14 heavy (non-hydrogen) atoms. The molecule has 0 saturated heterocycles. The molecule has 2 rings (SSSR count). The van der Waals surface area contributed by atoms with E-state index in [1.165, 1.54) is 37.8 Å². The molecule has 1 fully saturated rings. The standard InChI is InChI=1S/C12H19NO/c1-10-9-12(14)7-8-13(10)11-5-3-2-4-6-11/h9,11H,2-8H2,1H3. The number of ketones is 1. The van der Waals surface area contributed by atoms with E-state index in [-0.39, 0.29) is 0 Å². The molecular formula is C12H19NO.